The van der Waals surface area contributed by atoms with Gasteiger partial charge in [-0.15, -0.1) is 0 Å². The van der Waals surface area contributed by atoms with E-state index in [4.69, 9.17) is 4.74 Å². The van der Waals surface area contributed by atoms with Crippen LogP contribution in [0.4, 0.5) is 11.4 Å². The van der Waals surface area contributed by atoms with E-state index in [0.29, 0.717) is 11.4 Å². The van der Waals surface area contributed by atoms with Crippen molar-refractivity contribution < 1.29 is 19.2 Å². The van der Waals surface area contributed by atoms with Gasteiger partial charge in [-0.3, -0.25) is 19.7 Å². The number of carbonyl (C=O) groups is 2. The molecular formula is C22H22N2O5. The molecule has 7 heteroatoms. The van der Waals surface area contributed by atoms with Crippen LogP contribution < -0.4 is 9.64 Å². The monoisotopic (exact) mass is 394 g/mol. The van der Waals surface area contributed by atoms with Crippen molar-refractivity contribution >= 4 is 29.3 Å². The fourth-order valence-electron chi connectivity index (χ4n) is 3.10. The maximum Gasteiger partial charge on any atom is 0.274 e. The van der Waals surface area contributed by atoms with E-state index in [2.05, 4.69) is 6.92 Å². The molecule has 0 fully saturated rings. The van der Waals surface area contributed by atoms with Crippen molar-refractivity contribution in [3.05, 3.63) is 69.8 Å². The van der Waals surface area contributed by atoms with Crippen LogP contribution in [0.2, 0.25) is 0 Å². The molecule has 1 unspecified atom stereocenters. The number of ether oxygens (including phenoxy) is 1. The van der Waals surface area contributed by atoms with Gasteiger partial charge in [0.1, 0.15) is 0 Å². The normalized spacial score (nSPS) is 15.9. The molecule has 1 atom stereocenters. The zero-order valence-corrected chi connectivity index (χ0v) is 16.3. The Balaban J connectivity index is 1.98. The summed E-state index contributed by atoms with van der Waals surface area (Å²) in [4.78, 5) is 37.2. The van der Waals surface area contributed by atoms with Crippen LogP contribution in [0.15, 0.2) is 48.5 Å². The maximum atomic E-state index is 13.1. The largest absolute Gasteiger partial charge is 0.478 e. The average molecular weight is 394 g/mol. The third-order valence-corrected chi connectivity index (χ3v) is 4.68. The number of benzene rings is 2. The lowest BCUT2D eigenvalue weighted by atomic mass is 10.1. The van der Waals surface area contributed by atoms with Crippen molar-refractivity contribution in [1.82, 2.24) is 0 Å². The lowest BCUT2D eigenvalue weighted by Gasteiger charge is -2.32. The highest BCUT2D eigenvalue weighted by molar-refractivity contribution is 6.23. The third-order valence-electron chi connectivity index (χ3n) is 4.68. The van der Waals surface area contributed by atoms with Crippen molar-refractivity contribution in [2.75, 3.05) is 4.90 Å². The first-order valence-electron chi connectivity index (χ1n) is 9.53. The first-order valence-corrected chi connectivity index (χ1v) is 9.53. The number of para-hydroxylation sites is 1. The Labute approximate surface area is 168 Å². The highest BCUT2D eigenvalue weighted by Gasteiger charge is 2.37. The summed E-state index contributed by atoms with van der Waals surface area (Å²) in [6.45, 7) is 3.72. The zero-order valence-electron chi connectivity index (χ0n) is 16.3. The van der Waals surface area contributed by atoms with Crippen LogP contribution in [0.3, 0.4) is 0 Å². The van der Waals surface area contributed by atoms with E-state index in [1.54, 1.807) is 19.1 Å². The number of non-ortho nitro benzene ring substituents is 1. The van der Waals surface area contributed by atoms with Crippen LogP contribution in [-0.4, -0.2) is 22.8 Å². The van der Waals surface area contributed by atoms with Crippen LogP contribution in [0, 0.1) is 10.1 Å². The molecule has 1 aliphatic rings. The number of anilines is 1. The first-order chi connectivity index (χ1) is 13.9. The van der Waals surface area contributed by atoms with Crippen molar-refractivity contribution in [1.29, 1.82) is 0 Å². The van der Waals surface area contributed by atoms with E-state index in [1.807, 2.05) is 18.2 Å². The van der Waals surface area contributed by atoms with E-state index in [-0.39, 0.29) is 11.3 Å². The Morgan fingerprint density at radius 2 is 1.97 bits per heavy atom. The van der Waals surface area contributed by atoms with Crippen molar-refractivity contribution in [2.45, 2.75) is 39.2 Å². The minimum Gasteiger partial charge on any atom is -0.478 e. The van der Waals surface area contributed by atoms with Crippen molar-refractivity contribution in [2.24, 2.45) is 0 Å². The molecule has 2 amide bonds. The molecule has 0 saturated carbocycles. The number of allylic oxidation sites excluding steroid dienone is 1. The number of amides is 2. The molecule has 0 radical (unpaired) electrons. The van der Waals surface area contributed by atoms with Gasteiger partial charge >= 0.3 is 0 Å². The van der Waals surface area contributed by atoms with E-state index in [1.165, 1.54) is 24.3 Å². The fourth-order valence-corrected chi connectivity index (χ4v) is 3.10. The van der Waals surface area contributed by atoms with Crippen molar-refractivity contribution in [3.8, 4) is 5.75 Å². The van der Waals surface area contributed by atoms with Gasteiger partial charge in [-0.2, -0.15) is 0 Å². The fraction of sp³-hybridized carbons (Fsp3) is 0.273. The number of hydrogen-bond donors (Lipinski definition) is 0. The molecule has 1 heterocycles. The molecule has 7 nitrogen and oxygen atoms in total. The lowest BCUT2D eigenvalue weighted by molar-refractivity contribution is -0.384. The van der Waals surface area contributed by atoms with Crippen LogP contribution in [0.25, 0.3) is 6.08 Å². The zero-order chi connectivity index (χ0) is 21.0. The number of imide groups is 1. The Kier molecular flexibility index (Phi) is 6.07. The minimum atomic E-state index is -0.824. The Morgan fingerprint density at radius 3 is 2.62 bits per heavy atom. The van der Waals surface area contributed by atoms with Crippen LogP contribution in [0.5, 0.6) is 5.75 Å². The topological polar surface area (TPSA) is 89.8 Å². The number of nitro groups is 1. The summed E-state index contributed by atoms with van der Waals surface area (Å²) in [7, 11) is 0. The Morgan fingerprint density at radius 1 is 1.24 bits per heavy atom. The van der Waals surface area contributed by atoms with E-state index in [0.717, 1.165) is 29.7 Å². The van der Waals surface area contributed by atoms with Gasteiger partial charge < -0.3 is 4.74 Å². The van der Waals surface area contributed by atoms with E-state index in [9.17, 15) is 19.7 Å². The summed E-state index contributed by atoms with van der Waals surface area (Å²) in [5, 5.41) is 10.8. The second-order valence-electron chi connectivity index (χ2n) is 6.78. The molecule has 0 N–H and O–H groups in total. The molecular weight excluding hydrogens is 372 g/mol. The third kappa shape index (κ3) is 4.18. The Bertz CT molecular complexity index is 966. The molecule has 0 aromatic heterocycles. The molecule has 0 aliphatic carbocycles. The van der Waals surface area contributed by atoms with Crippen LogP contribution >= 0.6 is 0 Å². The summed E-state index contributed by atoms with van der Waals surface area (Å²) in [5.41, 5.74) is 1.23. The van der Waals surface area contributed by atoms with Gasteiger partial charge in [0.25, 0.3) is 17.5 Å². The number of rotatable bonds is 6. The maximum absolute atomic E-state index is 13.1. The predicted molar refractivity (Wildman–Crippen MR) is 110 cm³/mol. The Hall–Kier alpha value is -3.48. The van der Waals surface area contributed by atoms with E-state index < -0.39 is 22.8 Å². The number of nitro benzene ring substituents is 1. The first kappa shape index (κ1) is 20.3. The second kappa shape index (κ2) is 8.68. The second-order valence-corrected chi connectivity index (χ2v) is 6.78. The lowest BCUT2D eigenvalue weighted by Crippen LogP contribution is -2.47. The minimum absolute atomic E-state index is 0.122. The van der Waals surface area contributed by atoms with Gasteiger partial charge in [0, 0.05) is 23.3 Å². The number of carbonyl (C=O) groups excluding carboxylic acids is 2. The van der Waals surface area contributed by atoms with Crippen LogP contribution in [0.1, 0.15) is 49.0 Å². The summed E-state index contributed by atoms with van der Waals surface area (Å²) in [5.74, 6) is -0.552. The summed E-state index contributed by atoms with van der Waals surface area (Å²) in [6, 6.07) is 10.5. The van der Waals surface area contributed by atoms with Gasteiger partial charge in [-0.1, -0.05) is 44.1 Å². The van der Waals surface area contributed by atoms with Gasteiger partial charge in [0.05, 0.1) is 10.6 Å². The molecule has 1 aliphatic heterocycles. The highest BCUT2D eigenvalue weighted by Crippen LogP contribution is 2.38. The summed E-state index contributed by atoms with van der Waals surface area (Å²) >= 11 is 0. The summed E-state index contributed by atoms with van der Waals surface area (Å²) < 4.78 is 5.82. The van der Waals surface area contributed by atoms with Gasteiger partial charge in [-0.05, 0) is 31.5 Å². The molecule has 29 heavy (non-hydrogen) atoms. The number of fused-ring (bicyclic) bond motifs is 1. The standard InChI is InChI=1S/C22H22N2O5/c1-3-4-5-6-8-16-9-7-10-19-20(16)29-15(2)21(25)23(19)22(26)17-11-13-18(14-12-17)24(27)28/h6-15H,3-5H2,1-2H3/b8-6+. The van der Waals surface area contributed by atoms with Gasteiger partial charge in [0.15, 0.2) is 11.9 Å². The smallest absolute Gasteiger partial charge is 0.274 e. The molecule has 0 bridgehead atoms. The molecule has 150 valence electrons. The highest BCUT2D eigenvalue weighted by atomic mass is 16.6. The average Bonchev–Trinajstić information content (AvgIpc) is 2.72. The predicted octanol–water partition coefficient (Wildman–Crippen LogP) is 4.75. The molecule has 0 saturated heterocycles. The molecule has 3 rings (SSSR count). The van der Waals surface area contributed by atoms with Gasteiger partial charge in [-0.25, -0.2) is 4.90 Å². The van der Waals surface area contributed by atoms with E-state index >= 15 is 0 Å². The number of nitrogens with zero attached hydrogens (tertiary/aromatic N) is 2. The molecule has 0 spiro atoms. The SMILES string of the molecule is CCCC/C=C/c1cccc2c1OC(C)C(=O)N2C(=O)c1ccc([N+](=O)[O-])cc1. The van der Waals surface area contributed by atoms with Gasteiger partial charge in [0.2, 0.25) is 0 Å². The summed E-state index contributed by atoms with van der Waals surface area (Å²) in [6.07, 6.45) is 6.26. The quantitative estimate of drug-likeness (QED) is 0.305. The van der Waals surface area contributed by atoms with Crippen molar-refractivity contribution in [3.63, 3.8) is 0 Å². The van der Waals surface area contributed by atoms with Crippen LogP contribution in [-0.2, 0) is 4.79 Å². The number of hydrogen-bond acceptors (Lipinski definition) is 5. The molecule has 2 aromatic carbocycles. The number of unbranched alkanes of at least 4 members (excludes halogenated alkanes) is 2. The molecule has 2 aromatic rings.